The molecule has 0 rings (SSSR count). The highest BCUT2D eigenvalue weighted by atomic mass is 16.5. The van der Waals surface area contributed by atoms with Gasteiger partial charge in [-0.15, -0.1) is 6.42 Å². The third kappa shape index (κ3) is 3.95. The van der Waals surface area contributed by atoms with Crippen molar-refractivity contribution in [2.24, 2.45) is 0 Å². The minimum absolute atomic E-state index is 0.0395. The molecule has 3 heteroatoms. The molecule has 0 saturated heterocycles. The van der Waals surface area contributed by atoms with Gasteiger partial charge in [-0.25, -0.2) is 0 Å². The van der Waals surface area contributed by atoms with E-state index >= 15 is 0 Å². The number of ether oxygens (including phenoxy) is 1. The smallest absolute Gasteiger partial charge is 0.252 e. The third-order valence-electron chi connectivity index (χ3n) is 1.79. The monoisotopic (exact) mass is 183 g/mol. The highest BCUT2D eigenvalue weighted by Gasteiger charge is 2.18. The number of nitrogens with zero attached hydrogens (tertiary/aromatic N) is 1. The van der Waals surface area contributed by atoms with Crippen molar-refractivity contribution in [2.45, 2.75) is 26.4 Å². The molecule has 0 fully saturated rings. The van der Waals surface area contributed by atoms with Crippen LogP contribution in [0, 0.1) is 12.3 Å². The van der Waals surface area contributed by atoms with E-state index in [1.807, 2.05) is 6.92 Å². The maximum atomic E-state index is 11.6. The van der Waals surface area contributed by atoms with E-state index in [4.69, 9.17) is 11.2 Å². The quantitative estimate of drug-likeness (QED) is 0.592. The highest BCUT2D eigenvalue weighted by molar-refractivity contribution is 5.80. The van der Waals surface area contributed by atoms with Crippen LogP contribution in [0.3, 0.4) is 0 Å². The van der Waals surface area contributed by atoms with Crippen LogP contribution in [-0.2, 0) is 9.53 Å². The lowest BCUT2D eigenvalue weighted by Gasteiger charge is -2.22. The molecule has 0 N–H and O–H groups in total. The van der Waals surface area contributed by atoms with Crippen LogP contribution < -0.4 is 0 Å². The maximum Gasteiger partial charge on any atom is 0.252 e. The fraction of sp³-hybridized carbons (Fsp3) is 0.700. The van der Waals surface area contributed by atoms with Gasteiger partial charge in [-0.1, -0.05) is 12.8 Å². The van der Waals surface area contributed by atoms with Crippen LogP contribution in [0.15, 0.2) is 0 Å². The average molecular weight is 183 g/mol. The first-order valence-electron chi connectivity index (χ1n) is 4.42. The van der Waals surface area contributed by atoms with Crippen molar-refractivity contribution in [3.63, 3.8) is 0 Å². The zero-order chi connectivity index (χ0) is 10.3. The van der Waals surface area contributed by atoms with Gasteiger partial charge in [0.1, 0.15) is 6.10 Å². The SMILES string of the molecule is C#CCN(CCC)C(=O)C(C)OC. The van der Waals surface area contributed by atoms with Gasteiger partial charge in [0.05, 0.1) is 6.54 Å². The van der Waals surface area contributed by atoms with Gasteiger partial charge in [0, 0.05) is 13.7 Å². The Morgan fingerprint density at radius 3 is 2.69 bits per heavy atom. The van der Waals surface area contributed by atoms with Crippen LogP contribution in [0.25, 0.3) is 0 Å². The summed E-state index contributed by atoms with van der Waals surface area (Å²) in [5.74, 6) is 2.42. The Morgan fingerprint density at radius 2 is 2.31 bits per heavy atom. The number of carbonyl (C=O) groups excluding carboxylic acids is 1. The van der Waals surface area contributed by atoms with Crippen molar-refractivity contribution in [2.75, 3.05) is 20.2 Å². The normalized spacial score (nSPS) is 11.8. The molecule has 0 aliphatic rings. The molecule has 0 aromatic heterocycles. The molecule has 3 nitrogen and oxygen atoms in total. The molecule has 0 radical (unpaired) electrons. The number of carbonyl (C=O) groups is 1. The van der Waals surface area contributed by atoms with Crippen LogP contribution in [-0.4, -0.2) is 37.1 Å². The largest absolute Gasteiger partial charge is 0.372 e. The zero-order valence-corrected chi connectivity index (χ0v) is 8.54. The van der Waals surface area contributed by atoms with Crippen molar-refractivity contribution in [3.05, 3.63) is 0 Å². The average Bonchev–Trinajstić information content (AvgIpc) is 2.15. The van der Waals surface area contributed by atoms with E-state index in [-0.39, 0.29) is 5.91 Å². The van der Waals surface area contributed by atoms with E-state index in [1.165, 1.54) is 7.11 Å². The second-order valence-electron chi connectivity index (χ2n) is 2.84. The van der Waals surface area contributed by atoms with Gasteiger partial charge in [-0.2, -0.15) is 0 Å². The molecule has 74 valence electrons. The summed E-state index contributed by atoms with van der Waals surface area (Å²) < 4.78 is 4.93. The van der Waals surface area contributed by atoms with Gasteiger partial charge in [0.15, 0.2) is 0 Å². The fourth-order valence-electron chi connectivity index (χ4n) is 1.01. The Balaban J connectivity index is 4.19. The fourth-order valence-corrected chi connectivity index (χ4v) is 1.01. The first-order chi connectivity index (χ1) is 6.17. The lowest BCUT2D eigenvalue weighted by atomic mass is 10.3. The second kappa shape index (κ2) is 6.50. The predicted molar refractivity (Wildman–Crippen MR) is 52.2 cm³/mol. The molecule has 0 aliphatic carbocycles. The number of methoxy groups -OCH3 is 1. The number of hydrogen-bond acceptors (Lipinski definition) is 2. The van der Waals surface area contributed by atoms with Crippen LogP contribution in [0.1, 0.15) is 20.3 Å². The summed E-state index contributed by atoms with van der Waals surface area (Å²) in [6.07, 6.45) is 5.66. The van der Waals surface area contributed by atoms with Crippen molar-refractivity contribution >= 4 is 5.91 Å². The molecule has 0 spiro atoms. The zero-order valence-electron chi connectivity index (χ0n) is 8.54. The number of hydrogen-bond donors (Lipinski definition) is 0. The topological polar surface area (TPSA) is 29.5 Å². The van der Waals surface area contributed by atoms with Gasteiger partial charge < -0.3 is 9.64 Å². The molecule has 1 atom stereocenters. The van der Waals surface area contributed by atoms with Crippen molar-refractivity contribution in [1.29, 1.82) is 0 Å². The molecule has 1 amide bonds. The van der Waals surface area contributed by atoms with E-state index in [1.54, 1.807) is 11.8 Å². The van der Waals surface area contributed by atoms with E-state index < -0.39 is 6.10 Å². The minimum Gasteiger partial charge on any atom is -0.372 e. The van der Waals surface area contributed by atoms with Gasteiger partial charge in [-0.05, 0) is 13.3 Å². The van der Waals surface area contributed by atoms with Gasteiger partial charge >= 0.3 is 0 Å². The summed E-state index contributed by atoms with van der Waals surface area (Å²) in [6.45, 7) is 4.78. The van der Waals surface area contributed by atoms with Crippen molar-refractivity contribution < 1.29 is 9.53 Å². The molecule has 13 heavy (non-hydrogen) atoms. The van der Waals surface area contributed by atoms with E-state index in [0.717, 1.165) is 6.42 Å². The number of amides is 1. The third-order valence-corrected chi connectivity index (χ3v) is 1.79. The molecule has 0 aromatic rings. The van der Waals surface area contributed by atoms with Crippen molar-refractivity contribution in [3.8, 4) is 12.3 Å². The van der Waals surface area contributed by atoms with Crippen LogP contribution in [0.4, 0.5) is 0 Å². The molecule has 0 heterocycles. The van der Waals surface area contributed by atoms with E-state index in [0.29, 0.717) is 13.1 Å². The predicted octanol–water partition coefficient (Wildman–Crippen LogP) is 0.893. The molecule has 0 bridgehead atoms. The Morgan fingerprint density at radius 1 is 1.69 bits per heavy atom. The number of rotatable bonds is 5. The minimum atomic E-state index is -0.403. The Hall–Kier alpha value is -1.01. The van der Waals surface area contributed by atoms with Crippen molar-refractivity contribution in [1.82, 2.24) is 4.90 Å². The first kappa shape index (κ1) is 12.0. The van der Waals surface area contributed by atoms with E-state index in [2.05, 4.69) is 5.92 Å². The lowest BCUT2D eigenvalue weighted by Crippen LogP contribution is -2.39. The lowest BCUT2D eigenvalue weighted by molar-refractivity contribution is -0.140. The number of terminal acetylenes is 1. The maximum absolute atomic E-state index is 11.6. The van der Waals surface area contributed by atoms with Gasteiger partial charge in [0.2, 0.25) is 0 Å². The van der Waals surface area contributed by atoms with E-state index in [9.17, 15) is 4.79 Å². The Labute approximate surface area is 80.1 Å². The molecular formula is C10H17NO2. The summed E-state index contributed by atoms with van der Waals surface area (Å²) >= 11 is 0. The molecule has 0 aromatic carbocycles. The summed E-state index contributed by atoms with van der Waals surface area (Å²) in [4.78, 5) is 13.2. The second-order valence-corrected chi connectivity index (χ2v) is 2.84. The van der Waals surface area contributed by atoms with Crippen LogP contribution in [0.5, 0.6) is 0 Å². The first-order valence-corrected chi connectivity index (χ1v) is 4.42. The van der Waals surface area contributed by atoms with Gasteiger partial charge in [-0.3, -0.25) is 4.79 Å². The molecule has 1 unspecified atom stereocenters. The Bertz CT molecular complexity index is 196. The standard InChI is InChI=1S/C10H17NO2/c1-5-7-11(8-6-2)10(12)9(3)13-4/h1,9H,6-8H2,2-4H3. The summed E-state index contributed by atoms with van der Waals surface area (Å²) in [7, 11) is 1.52. The molecule has 0 aliphatic heterocycles. The van der Waals surface area contributed by atoms with Crippen LogP contribution in [0.2, 0.25) is 0 Å². The summed E-state index contributed by atoms with van der Waals surface area (Å²) in [5, 5.41) is 0. The molecular weight excluding hydrogens is 166 g/mol. The van der Waals surface area contributed by atoms with Gasteiger partial charge in [0.25, 0.3) is 5.91 Å². The molecule has 0 saturated carbocycles. The van der Waals surface area contributed by atoms with Crippen LogP contribution >= 0.6 is 0 Å². The summed E-state index contributed by atoms with van der Waals surface area (Å²) in [5.41, 5.74) is 0. The summed E-state index contributed by atoms with van der Waals surface area (Å²) in [6, 6.07) is 0. The highest BCUT2D eigenvalue weighted by Crippen LogP contribution is 1.99. The Kier molecular flexibility index (Phi) is 5.99.